The van der Waals surface area contributed by atoms with Gasteiger partial charge in [-0.2, -0.15) is 5.10 Å². The molecule has 0 fully saturated rings. The van der Waals surface area contributed by atoms with Gasteiger partial charge in [0.05, 0.1) is 12.2 Å². The molecule has 0 aliphatic carbocycles. The van der Waals surface area contributed by atoms with Crippen molar-refractivity contribution in [2.24, 2.45) is 0 Å². The second-order valence-corrected chi connectivity index (χ2v) is 9.94. The second-order valence-electron chi connectivity index (χ2n) is 7.52. The van der Waals surface area contributed by atoms with Crippen LogP contribution in [0.5, 0.6) is 0 Å². The molecule has 0 aliphatic heterocycles. The predicted octanol–water partition coefficient (Wildman–Crippen LogP) is 4.75. The van der Waals surface area contributed by atoms with Crippen molar-refractivity contribution >= 4 is 15.4 Å². The first-order chi connectivity index (χ1) is 15.0. The molecular formula is C24H25N5OS. The highest BCUT2D eigenvalue weighted by molar-refractivity contribution is 7.91. The minimum Gasteiger partial charge on any atom is -0.384 e. The van der Waals surface area contributed by atoms with E-state index in [0.717, 1.165) is 33.6 Å². The third-order valence-corrected chi connectivity index (χ3v) is 5.90. The second kappa shape index (κ2) is 9.14. The Balaban J connectivity index is 1.66. The van der Waals surface area contributed by atoms with Crippen molar-refractivity contribution in [1.82, 2.24) is 14.8 Å². The summed E-state index contributed by atoms with van der Waals surface area (Å²) in [4.78, 5) is 4.17. The smallest absolute Gasteiger partial charge is 0.0944 e. The van der Waals surface area contributed by atoms with Gasteiger partial charge in [0.25, 0.3) is 0 Å². The topological polar surface area (TPSA) is 83.7 Å². The summed E-state index contributed by atoms with van der Waals surface area (Å²) in [7, 11) is -2.54. The van der Waals surface area contributed by atoms with E-state index in [9.17, 15) is 4.21 Å². The zero-order valence-electron chi connectivity index (χ0n) is 17.4. The Kier molecular flexibility index (Phi) is 6.13. The van der Waals surface area contributed by atoms with Crippen LogP contribution in [0.3, 0.4) is 0 Å². The van der Waals surface area contributed by atoms with E-state index < -0.39 is 9.73 Å². The van der Waals surface area contributed by atoms with Crippen molar-refractivity contribution in [3.05, 3.63) is 90.9 Å². The maximum Gasteiger partial charge on any atom is 0.0944 e. The van der Waals surface area contributed by atoms with Crippen molar-refractivity contribution in [2.75, 3.05) is 23.9 Å². The highest BCUT2D eigenvalue weighted by Crippen LogP contribution is 2.32. The van der Waals surface area contributed by atoms with Gasteiger partial charge in [-0.1, -0.05) is 42.5 Å². The molecule has 0 spiro atoms. The van der Waals surface area contributed by atoms with Crippen LogP contribution >= 0.6 is 0 Å². The largest absolute Gasteiger partial charge is 0.384 e. The number of hydrogen-bond acceptors (Lipinski definition) is 5. The van der Waals surface area contributed by atoms with Gasteiger partial charge in [0.1, 0.15) is 0 Å². The third kappa shape index (κ3) is 5.58. The van der Waals surface area contributed by atoms with Gasteiger partial charge in [-0.25, -0.2) is 0 Å². The number of nitrogens with zero attached hydrogens (tertiary/aromatic N) is 3. The van der Waals surface area contributed by atoms with E-state index in [0.29, 0.717) is 18.8 Å². The zero-order valence-corrected chi connectivity index (χ0v) is 18.2. The Hall–Kier alpha value is -3.45. The van der Waals surface area contributed by atoms with Crippen molar-refractivity contribution in [1.29, 1.82) is 4.78 Å². The van der Waals surface area contributed by atoms with Crippen molar-refractivity contribution < 1.29 is 4.21 Å². The summed E-state index contributed by atoms with van der Waals surface area (Å²) >= 11 is 0. The highest BCUT2D eigenvalue weighted by atomic mass is 32.2. The number of rotatable bonds is 8. The fraction of sp³-hybridized carbons (Fsp3) is 0.167. The summed E-state index contributed by atoms with van der Waals surface area (Å²) in [5, 5.41) is 8.13. The molecule has 0 amide bonds. The van der Waals surface area contributed by atoms with E-state index in [2.05, 4.69) is 34.6 Å². The number of anilines is 1. The molecule has 0 radical (unpaired) electrons. The molecule has 158 valence electrons. The molecule has 0 saturated heterocycles. The normalized spacial score (nSPS) is 12.9. The van der Waals surface area contributed by atoms with Gasteiger partial charge in [0.15, 0.2) is 0 Å². The lowest BCUT2D eigenvalue weighted by Crippen LogP contribution is -2.13. The lowest BCUT2D eigenvalue weighted by atomic mass is 10.00. The summed E-state index contributed by atoms with van der Waals surface area (Å²) in [5.74, 6) is 0.294. The first kappa shape index (κ1) is 20.8. The quantitative estimate of drug-likeness (QED) is 0.422. The summed E-state index contributed by atoms with van der Waals surface area (Å²) in [5.41, 5.74) is 6.05. The number of hydrogen-bond donors (Lipinski definition) is 2. The molecule has 0 bridgehead atoms. The van der Waals surface area contributed by atoms with Crippen molar-refractivity contribution in [3.8, 4) is 22.4 Å². The van der Waals surface area contributed by atoms with E-state index >= 15 is 0 Å². The maximum absolute atomic E-state index is 11.8. The van der Waals surface area contributed by atoms with Crippen molar-refractivity contribution in [3.63, 3.8) is 0 Å². The Morgan fingerprint density at radius 1 is 1.03 bits per heavy atom. The molecule has 2 N–H and O–H groups in total. The van der Waals surface area contributed by atoms with E-state index in [4.69, 9.17) is 9.88 Å². The number of pyridine rings is 1. The molecule has 6 nitrogen and oxygen atoms in total. The Bertz CT molecular complexity index is 1250. The molecule has 4 rings (SSSR count). The lowest BCUT2D eigenvalue weighted by Gasteiger charge is -2.13. The molecule has 1 unspecified atom stereocenters. The van der Waals surface area contributed by atoms with E-state index in [1.807, 2.05) is 59.5 Å². The van der Waals surface area contributed by atoms with Gasteiger partial charge in [-0.3, -0.25) is 18.7 Å². The highest BCUT2D eigenvalue weighted by Gasteiger charge is 2.11. The van der Waals surface area contributed by atoms with Gasteiger partial charge in [-0.05, 0) is 41.0 Å². The molecule has 0 saturated carbocycles. The monoisotopic (exact) mass is 431 g/mol. The summed E-state index contributed by atoms with van der Waals surface area (Å²) in [6, 6.07) is 22.4. The zero-order chi connectivity index (χ0) is 21.7. The fourth-order valence-corrected chi connectivity index (χ4v) is 3.86. The summed E-state index contributed by atoms with van der Waals surface area (Å²) in [6.45, 7) is 1.11. The van der Waals surface area contributed by atoms with Crippen LogP contribution < -0.4 is 5.32 Å². The molecule has 2 aromatic carbocycles. The van der Waals surface area contributed by atoms with Crippen LogP contribution in [0.4, 0.5) is 5.69 Å². The molecule has 7 heteroatoms. The molecule has 1 atom stereocenters. The van der Waals surface area contributed by atoms with Gasteiger partial charge in [0.2, 0.25) is 0 Å². The van der Waals surface area contributed by atoms with Crippen LogP contribution in [0.1, 0.15) is 5.56 Å². The molecule has 2 heterocycles. The van der Waals surface area contributed by atoms with E-state index in [1.54, 1.807) is 6.20 Å². The average Bonchev–Trinajstić information content (AvgIpc) is 3.23. The van der Waals surface area contributed by atoms with Crippen LogP contribution in [0.15, 0.2) is 85.3 Å². The summed E-state index contributed by atoms with van der Waals surface area (Å²) < 4.78 is 21.3. The molecule has 31 heavy (non-hydrogen) atoms. The molecular weight excluding hydrogens is 406 g/mol. The van der Waals surface area contributed by atoms with Gasteiger partial charge >= 0.3 is 0 Å². The van der Waals surface area contributed by atoms with Crippen LogP contribution in [0, 0.1) is 4.78 Å². The average molecular weight is 432 g/mol. The molecule has 2 aromatic heterocycles. The lowest BCUT2D eigenvalue weighted by molar-refractivity contribution is 0.679. The van der Waals surface area contributed by atoms with Crippen molar-refractivity contribution in [2.45, 2.75) is 6.54 Å². The van der Waals surface area contributed by atoms with Gasteiger partial charge in [0, 0.05) is 58.1 Å². The first-order valence-electron chi connectivity index (χ1n) is 10.1. The molecule has 4 aromatic rings. The number of benzene rings is 2. The Morgan fingerprint density at radius 3 is 2.61 bits per heavy atom. The van der Waals surface area contributed by atoms with Crippen LogP contribution in [-0.2, 0) is 16.3 Å². The Labute approximate surface area is 183 Å². The third-order valence-electron chi connectivity index (χ3n) is 4.92. The Morgan fingerprint density at radius 2 is 1.87 bits per heavy atom. The van der Waals surface area contributed by atoms with E-state index in [-0.39, 0.29) is 0 Å². The summed E-state index contributed by atoms with van der Waals surface area (Å²) in [6.07, 6.45) is 7.03. The SMILES string of the molecule is CS(=N)(=O)CCNc1ccc(-c2ccccc2)cc1-c1ccn(Cc2cccnc2)n1. The van der Waals surface area contributed by atoms with Gasteiger partial charge in [-0.15, -0.1) is 0 Å². The standard InChI is InChI=1S/C24H25N5OS/c1-31(25,30)15-13-27-23-10-9-21(20-7-3-2-4-8-20)16-22(23)24-11-14-29(28-24)18-19-6-5-12-26-17-19/h2-12,14,16-17,25,27H,13,15,18H2,1H3. The number of aromatic nitrogens is 3. The first-order valence-corrected chi connectivity index (χ1v) is 12.2. The van der Waals surface area contributed by atoms with Crippen LogP contribution in [0.25, 0.3) is 22.4 Å². The van der Waals surface area contributed by atoms with Crippen LogP contribution in [0.2, 0.25) is 0 Å². The van der Waals surface area contributed by atoms with Gasteiger partial charge < -0.3 is 5.32 Å². The number of nitrogens with one attached hydrogen (secondary N) is 2. The fourth-order valence-electron chi connectivity index (χ4n) is 3.37. The van der Waals surface area contributed by atoms with E-state index in [1.165, 1.54) is 6.26 Å². The maximum atomic E-state index is 11.8. The minimum absolute atomic E-state index is 0.294. The molecule has 0 aliphatic rings. The predicted molar refractivity (Wildman–Crippen MR) is 127 cm³/mol. The van der Waals surface area contributed by atoms with Crippen LogP contribution in [-0.4, -0.2) is 37.5 Å². The minimum atomic E-state index is -2.54.